The van der Waals surface area contributed by atoms with Crippen molar-refractivity contribution < 1.29 is 23.8 Å². The van der Waals surface area contributed by atoms with Crippen molar-refractivity contribution in [3.63, 3.8) is 0 Å². The number of carboxylic acid groups (broad SMARTS) is 1. The standard InChI is InChI=1S/C22H24FN5O4/c1-11(22(4,24)21(29)30)9-31-17-8-28-19(13(17)3)20(25-10-26-28)32-16-6-5-15-14(18(16)23)7-12(2)27-15/h5-8,10-11,27H,9,24H2,1-4H3,(H,29,30)/t11-,22?/m0/s1. The van der Waals surface area contributed by atoms with E-state index in [-0.39, 0.29) is 18.2 Å². The lowest BCUT2D eigenvalue weighted by molar-refractivity contribution is -0.145. The van der Waals surface area contributed by atoms with Gasteiger partial charge in [0.25, 0.3) is 0 Å². The SMILES string of the molecule is Cc1cc2c(F)c(Oc3ncnn4cc(OC[C@H](C)C(C)(N)C(=O)O)c(C)c34)ccc2[nH]1. The minimum Gasteiger partial charge on any atom is -0.491 e. The van der Waals surface area contributed by atoms with Gasteiger partial charge in [-0.2, -0.15) is 10.1 Å². The fraction of sp³-hybridized carbons (Fsp3) is 0.318. The van der Waals surface area contributed by atoms with E-state index in [0.29, 0.717) is 27.7 Å². The number of aromatic nitrogens is 4. The molecule has 4 aromatic rings. The van der Waals surface area contributed by atoms with Crippen LogP contribution in [-0.4, -0.2) is 42.8 Å². The van der Waals surface area contributed by atoms with E-state index < -0.39 is 23.2 Å². The molecule has 168 valence electrons. The third-order valence-electron chi connectivity index (χ3n) is 5.76. The Morgan fingerprint density at radius 1 is 1.38 bits per heavy atom. The smallest absolute Gasteiger partial charge is 0.323 e. The zero-order chi connectivity index (χ0) is 23.2. The highest BCUT2D eigenvalue weighted by atomic mass is 19.1. The predicted octanol–water partition coefficient (Wildman–Crippen LogP) is 3.58. The van der Waals surface area contributed by atoms with Crippen LogP contribution in [0.4, 0.5) is 4.39 Å². The van der Waals surface area contributed by atoms with Gasteiger partial charge < -0.3 is 25.3 Å². The highest BCUT2D eigenvalue weighted by molar-refractivity contribution is 5.83. The van der Waals surface area contributed by atoms with Crippen molar-refractivity contribution in [3.05, 3.63) is 47.8 Å². The second-order valence-electron chi connectivity index (χ2n) is 8.17. The molecule has 3 aromatic heterocycles. The van der Waals surface area contributed by atoms with E-state index in [9.17, 15) is 14.3 Å². The number of hydrogen-bond acceptors (Lipinski definition) is 6. The number of rotatable bonds is 7. The number of aromatic amines is 1. The first-order valence-electron chi connectivity index (χ1n) is 10.0. The average molecular weight is 441 g/mol. The van der Waals surface area contributed by atoms with E-state index in [1.165, 1.54) is 23.8 Å². The molecule has 32 heavy (non-hydrogen) atoms. The topological polar surface area (TPSA) is 128 Å². The van der Waals surface area contributed by atoms with Crippen molar-refractivity contribution in [1.29, 1.82) is 0 Å². The van der Waals surface area contributed by atoms with E-state index in [1.54, 1.807) is 32.2 Å². The molecule has 0 radical (unpaired) electrons. The average Bonchev–Trinajstić information content (AvgIpc) is 3.28. The molecule has 1 unspecified atom stereocenters. The number of carboxylic acids is 1. The van der Waals surface area contributed by atoms with Crippen molar-refractivity contribution in [2.24, 2.45) is 11.7 Å². The summed E-state index contributed by atoms with van der Waals surface area (Å²) in [6, 6.07) is 4.99. The Kier molecular flexibility index (Phi) is 5.25. The Labute approximate surface area is 183 Å². The molecule has 0 aliphatic carbocycles. The number of aliphatic carboxylic acids is 1. The van der Waals surface area contributed by atoms with Crippen LogP contribution in [0.3, 0.4) is 0 Å². The number of benzene rings is 1. The number of halogens is 1. The summed E-state index contributed by atoms with van der Waals surface area (Å²) in [6.07, 6.45) is 2.93. The molecule has 0 bridgehead atoms. The number of aryl methyl sites for hydroxylation is 2. The van der Waals surface area contributed by atoms with E-state index in [2.05, 4.69) is 15.1 Å². The molecule has 0 spiro atoms. The summed E-state index contributed by atoms with van der Waals surface area (Å²) >= 11 is 0. The van der Waals surface area contributed by atoms with Crippen LogP contribution in [0.5, 0.6) is 17.4 Å². The van der Waals surface area contributed by atoms with E-state index >= 15 is 0 Å². The van der Waals surface area contributed by atoms with E-state index in [4.69, 9.17) is 15.2 Å². The van der Waals surface area contributed by atoms with E-state index in [0.717, 1.165) is 5.69 Å². The number of carbonyl (C=O) groups is 1. The van der Waals surface area contributed by atoms with Crippen LogP contribution in [0.1, 0.15) is 25.1 Å². The van der Waals surface area contributed by atoms with Crippen LogP contribution in [0.25, 0.3) is 16.4 Å². The molecule has 0 saturated heterocycles. The first-order valence-corrected chi connectivity index (χ1v) is 10.0. The molecule has 4 N–H and O–H groups in total. The van der Waals surface area contributed by atoms with Gasteiger partial charge in [0.1, 0.15) is 23.1 Å². The summed E-state index contributed by atoms with van der Waals surface area (Å²) in [6.45, 7) is 6.87. The fourth-order valence-corrected chi connectivity index (χ4v) is 3.40. The van der Waals surface area contributed by atoms with Crippen LogP contribution in [0.2, 0.25) is 0 Å². The van der Waals surface area contributed by atoms with Crippen molar-refractivity contribution in [3.8, 4) is 17.4 Å². The first-order chi connectivity index (χ1) is 15.1. The Bertz CT molecular complexity index is 1330. The van der Waals surface area contributed by atoms with Gasteiger partial charge in [-0.3, -0.25) is 4.79 Å². The minimum absolute atomic E-state index is 0.0362. The monoisotopic (exact) mass is 441 g/mol. The Morgan fingerprint density at radius 3 is 2.84 bits per heavy atom. The summed E-state index contributed by atoms with van der Waals surface area (Å²) in [5, 5.41) is 13.9. The quantitative estimate of drug-likeness (QED) is 0.400. The lowest BCUT2D eigenvalue weighted by atomic mass is 9.89. The van der Waals surface area contributed by atoms with Crippen LogP contribution >= 0.6 is 0 Å². The summed E-state index contributed by atoms with van der Waals surface area (Å²) in [7, 11) is 0. The van der Waals surface area contributed by atoms with Gasteiger partial charge in [0.05, 0.1) is 12.8 Å². The molecule has 0 aliphatic rings. The molecule has 1 aromatic carbocycles. The van der Waals surface area contributed by atoms with Crippen molar-refractivity contribution in [2.45, 2.75) is 33.2 Å². The zero-order valence-electron chi connectivity index (χ0n) is 18.1. The maximum Gasteiger partial charge on any atom is 0.323 e. The zero-order valence-corrected chi connectivity index (χ0v) is 18.1. The number of hydrogen-bond donors (Lipinski definition) is 3. The van der Waals surface area contributed by atoms with Gasteiger partial charge in [0.15, 0.2) is 11.6 Å². The molecular formula is C22H24FN5O4. The second kappa shape index (κ2) is 7.79. The van der Waals surface area contributed by atoms with Crippen molar-refractivity contribution >= 4 is 22.4 Å². The van der Waals surface area contributed by atoms with Gasteiger partial charge in [-0.25, -0.2) is 8.91 Å². The summed E-state index contributed by atoms with van der Waals surface area (Å²) in [5.41, 5.74) is 7.14. The summed E-state index contributed by atoms with van der Waals surface area (Å²) in [5.74, 6) is -1.38. The Morgan fingerprint density at radius 2 is 2.12 bits per heavy atom. The molecule has 2 atom stereocenters. The van der Waals surface area contributed by atoms with Crippen LogP contribution in [-0.2, 0) is 4.79 Å². The molecule has 0 saturated carbocycles. The van der Waals surface area contributed by atoms with Crippen LogP contribution < -0.4 is 15.2 Å². The van der Waals surface area contributed by atoms with E-state index in [1.807, 2.05) is 6.92 Å². The lowest BCUT2D eigenvalue weighted by Gasteiger charge is -2.26. The fourth-order valence-electron chi connectivity index (χ4n) is 3.40. The molecule has 0 amide bonds. The first kappa shape index (κ1) is 21.6. The maximum absolute atomic E-state index is 15.0. The second-order valence-corrected chi connectivity index (χ2v) is 8.17. The number of ether oxygens (including phenoxy) is 2. The molecular weight excluding hydrogens is 417 g/mol. The van der Waals surface area contributed by atoms with Crippen LogP contribution in [0.15, 0.2) is 30.7 Å². The third kappa shape index (κ3) is 3.62. The van der Waals surface area contributed by atoms with Crippen molar-refractivity contribution in [1.82, 2.24) is 19.6 Å². The van der Waals surface area contributed by atoms with Gasteiger partial charge in [-0.15, -0.1) is 0 Å². The Balaban J connectivity index is 1.64. The number of fused-ring (bicyclic) bond motifs is 2. The van der Waals surface area contributed by atoms with Gasteiger partial charge in [-0.1, -0.05) is 6.92 Å². The number of nitrogens with zero attached hydrogens (tertiary/aromatic N) is 3. The summed E-state index contributed by atoms with van der Waals surface area (Å²) in [4.78, 5) is 18.6. The molecule has 0 fully saturated rings. The maximum atomic E-state index is 15.0. The third-order valence-corrected chi connectivity index (χ3v) is 5.76. The van der Waals surface area contributed by atoms with Gasteiger partial charge in [-0.05, 0) is 39.0 Å². The molecule has 3 heterocycles. The highest BCUT2D eigenvalue weighted by Crippen LogP contribution is 2.35. The normalized spacial score (nSPS) is 14.4. The number of nitrogens with two attached hydrogens (primary N) is 1. The highest BCUT2D eigenvalue weighted by Gasteiger charge is 2.35. The van der Waals surface area contributed by atoms with Crippen molar-refractivity contribution in [2.75, 3.05) is 6.61 Å². The van der Waals surface area contributed by atoms with Crippen LogP contribution in [0, 0.1) is 25.6 Å². The van der Waals surface area contributed by atoms with Gasteiger partial charge >= 0.3 is 5.97 Å². The molecule has 4 rings (SSSR count). The molecule has 9 nitrogen and oxygen atoms in total. The predicted molar refractivity (Wildman–Crippen MR) is 116 cm³/mol. The molecule has 0 aliphatic heterocycles. The lowest BCUT2D eigenvalue weighted by Crippen LogP contribution is -2.52. The van der Waals surface area contributed by atoms with Gasteiger partial charge in [0.2, 0.25) is 5.88 Å². The molecule has 10 heteroatoms. The minimum atomic E-state index is -1.44. The Hall–Kier alpha value is -3.66. The number of nitrogens with one attached hydrogen (secondary N) is 1. The summed E-state index contributed by atoms with van der Waals surface area (Å²) < 4.78 is 28.2. The largest absolute Gasteiger partial charge is 0.491 e. The van der Waals surface area contributed by atoms with Gasteiger partial charge in [0, 0.05) is 28.1 Å². The number of H-pyrrole nitrogens is 1.